The van der Waals surface area contributed by atoms with Crippen LogP contribution in [0.3, 0.4) is 0 Å². The number of amides is 1. The molecule has 1 atom stereocenters. The molecule has 0 aliphatic heterocycles. The second-order valence-corrected chi connectivity index (χ2v) is 9.23. The zero-order chi connectivity index (χ0) is 36.3. The van der Waals surface area contributed by atoms with Gasteiger partial charge in [0.2, 0.25) is 0 Å². The van der Waals surface area contributed by atoms with Crippen molar-refractivity contribution in [2.75, 3.05) is 6.61 Å². The lowest BCUT2D eigenvalue weighted by Crippen LogP contribution is -2.61. The molecule has 0 saturated heterocycles. The summed E-state index contributed by atoms with van der Waals surface area (Å²) in [6.07, 6.45) is -20.9. The van der Waals surface area contributed by atoms with Gasteiger partial charge in [-0.1, -0.05) is 19.4 Å². The molecule has 0 aliphatic rings. The molecule has 0 spiro atoms. The summed E-state index contributed by atoms with van der Waals surface area (Å²) in [5.74, 6) is -34.8. The number of ether oxygens (including phenoxy) is 3. The number of nitrogens with one attached hydrogen (secondary N) is 1. The minimum absolute atomic E-state index is 0.0169. The molecule has 1 rings (SSSR count). The molecular formula is C23H18F15NO7. The van der Waals surface area contributed by atoms with Gasteiger partial charge in [-0.05, 0) is 31.0 Å². The van der Waals surface area contributed by atoms with Gasteiger partial charge in [0.1, 0.15) is 5.54 Å². The molecule has 1 N–H and O–H groups in total. The van der Waals surface area contributed by atoms with E-state index in [2.05, 4.69) is 9.47 Å². The van der Waals surface area contributed by atoms with Crippen LogP contribution in [0.5, 0.6) is 11.5 Å². The van der Waals surface area contributed by atoms with Crippen LogP contribution in [0, 0.1) is 0 Å². The molecule has 1 aromatic rings. The van der Waals surface area contributed by atoms with Crippen LogP contribution < -0.4 is 14.8 Å². The summed E-state index contributed by atoms with van der Waals surface area (Å²) in [6.45, 7) is 1.46. The Morgan fingerprint density at radius 2 is 1.09 bits per heavy atom. The second kappa shape index (κ2) is 13.4. The van der Waals surface area contributed by atoms with Crippen LogP contribution in [0.15, 0.2) is 18.2 Å². The highest BCUT2D eigenvalue weighted by molar-refractivity contribution is 5.92. The third-order valence-corrected chi connectivity index (χ3v) is 5.41. The number of hydrogen-bond donors (Lipinski definition) is 1. The third kappa shape index (κ3) is 8.85. The Bertz CT molecular complexity index is 1310. The van der Waals surface area contributed by atoms with Crippen molar-refractivity contribution in [1.82, 2.24) is 5.32 Å². The maximum absolute atomic E-state index is 13.6. The molecule has 0 radical (unpaired) electrons. The summed E-state index contributed by atoms with van der Waals surface area (Å²) >= 11 is 0. The zero-order valence-electron chi connectivity index (χ0n) is 22.6. The predicted octanol–water partition coefficient (Wildman–Crippen LogP) is 5.85. The standard InChI is InChI=1S/C23H18F15NO7/c1-3-4-7-44-14(41)17(2,39-13(40)18(24,25)21(30,31)32)9-10-5-6-11(45-15(42)19(26,27)22(33,34)35)12(8-10)46-16(43)20(28,29)23(36,37)38/h5-6,8H,3-4,7,9H2,1-2H3,(H,39,40)/t17-/m0/s1. The van der Waals surface area contributed by atoms with Gasteiger partial charge in [0, 0.05) is 6.42 Å². The first-order valence-electron chi connectivity index (χ1n) is 11.9. The smallest absolute Gasteiger partial charge is 0.464 e. The fourth-order valence-corrected chi connectivity index (χ4v) is 2.89. The van der Waals surface area contributed by atoms with Gasteiger partial charge in [-0.15, -0.1) is 0 Å². The Hall–Kier alpha value is -3.95. The maximum atomic E-state index is 13.6. The van der Waals surface area contributed by atoms with Gasteiger partial charge >= 0.3 is 60.1 Å². The molecule has 8 nitrogen and oxygen atoms in total. The Kier molecular flexibility index (Phi) is 11.7. The third-order valence-electron chi connectivity index (χ3n) is 5.41. The number of carbonyl (C=O) groups excluding carboxylic acids is 4. The summed E-state index contributed by atoms with van der Waals surface area (Å²) in [4.78, 5) is 47.6. The van der Waals surface area contributed by atoms with Crippen molar-refractivity contribution in [2.24, 2.45) is 0 Å². The van der Waals surface area contributed by atoms with E-state index in [1.807, 2.05) is 0 Å². The van der Waals surface area contributed by atoms with Crippen molar-refractivity contribution in [2.45, 2.75) is 74.9 Å². The first-order valence-corrected chi connectivity index (χ1v) is 11.9. The fourth-order valence-electron chi connectivity index (χ4n) is 2.89. The Balaban J connectivity index is 3.74. The molecule has 0 heterocycles. The normalized spacial score (nSPS) is 14.6. The van der Waals surface area contributed by atoms with Gasteiger partial charge in [0.25, 0.3) is 0 Å². The van der Waals surface area contributed by atoms with Crippen LogP contribution in [0.2, 0.25) is 0 Å². The molecule has 0 fully saturated rings. The highest BCUT2D eigenvalue weighted by atomic mass is 19.4. The van der Waals surface area contributed by atoms with E-state index in [0.717, 1.165) is 5.32 Å². The number of benzene rings is 1. The lowest BCUT2D eigenvalue weighted by molar-refractivity contribution is -0.277. The second-order valence-electron chi connectivity index (χ2n) is 9.23. The Morgan fingerprint density at radius 1 is 0.652 bits per heavy atom. The molecule has 0 bridgehead atoms. The van der Waals surface area contributed by atoms with Crippen molar-refractivity contribution in [3.63, 3.8) is 0 Å². The summed E-state index contributed by atoms with van der Waals surface area (Å²) in [5.41, 5.74) is -3.90. The van der Waals surface area contributed by atoms with Crippen LogP contribution in [0.25, 0.3) is 0 Å². The van der Waals surface area contributed by atoms with Crippen molar-refractivity contribution >= 4 is 23.8 Å². The zero-order valence-corrected chi connectivity index (χ0v) is 22.6. The van der Waals surface area contributed by atoms with Gasteiger partial charge in [-0.3, -0.25) is 4.79 Å². The number of halogens is 15. The van der Waals surface area contributed by atoms with Crippen LogP contribution >= 0.6 is 0 Å². The minimum Gasteiger partial charge on any atom is -0.464 e. The van der Waals surface area contributed by atoms with E-state index in [4.69, 9.17) is 4.74 Å². The van der Waals surface area contributed by atoms with E-state index in [0.29, 0.717) is 19.4 Å². The summed E-state index contributed by atoms with van der Waals surface area (Å²) in [5, 5.41) is 1.03. The van der Waals surface area contributed by atoms with E-state index in [-0.39, 0.29) is 18.6 Å². The molecule has 1 aromatic carbocycles. The first kappa shape index (κ1) is 40.1. The Morgan fingerprint density at radius 3 is 1.50 bits per heavy atom. The van der Waals surface area contributed by atoms with Crippen molar-refractivity contribution < 1.29 is 99.2 Å². The predicted molar refractivity (Wildman–Crippen MR) is 117 cm³/mol. The Labute approximate surface area is 246 Å². The van der Waals surface area contributed by atoms with Crippen molar-refractivity contribution in [3.8, 4) is 11.5 Å². The van der Waals surface area contributed by atoms with Gasteiger partial charge in [0.05, 0.1) is 6.61 Å². The van der Waals surface area contributed by atoms with E-state index in [9.17, 15) is 85.0 Å². The van der Waals surface area contributed by atoms with E-state index >= 15 is 0 Å². The highest BCUT2D eigenvalue weighted by Crippen LogP contribution is 2.41. The first-order chi connectivity index (χ1) is 20.5. The van der Waals surface area contributed by atoms with E-state index < -0.39 is 95.7 Å². The summed E-state index contributed by atoms with van der Waals surface area (Å²) in [6, 6.07) is 0.340. The molecule has 0 saturated carbocycles. The van der Waals surface area contributed by atoms with Crippen LogP contribution in [0.4, 0.5) is 65.9 Å². The van der Waals surface area contributed by atoms with E-state index in [1.54, 1.807) is 6.92 Å². The molecule has 0 aliphatic carbocycles. The maximum Gasteiger partial charge on any atom is 0.465 e. The molecule has 0 unspecified atom stereocenters. The topological polar surface area (TPSA) is 108 Å². The van der Waals surface area contributed by atoms with Gasteiger partial charge in [-0.2, -0.15) is 65.9 Å². The van der Waals surface area contributed by atoms with Gasteiger partial charge in [0.15, 0.2) is 11.5 Å². The molecule has 0 aromatic heterocycles. The number of rotatable bonds is 12. The van der Waals surface area contributed by atoms with Gasteiger partial charge in [-0.25, -0.2) is 14.4 Å². The largest absolute Gasteiger partial charge is 0.465 e. The molecule has 1 amide bonds. The number of unbranched alkanes of at least 4 members (excludes halogenated alkanes) is 1. The van der Waals surface area contributed by atoms with Crippen LogP contribution in [-0.2, 0) is 30.3 Å². The van der Waals surface area contributed by atoms with Crippen LogP contribution in [0.1, 0.15) is 32.3 Å². The molecule has 262 valence electrons. The number of hydrogen-bond acceptors (Lipinski definition) is 7. The lowest BCUT2D eigenvalue weighted by atomic mass is 9.92. The fraction of sp³-hybridized carbons (Fsp3) is 0.565. The average Bonchev–Trinajstić information content (AvgIpc) is 2.87. The SMILES string of the molecule is CCCCOC(=O)[C@](C)(Cc1ccc(OC(=O)C(F)(F)C(F)(F)F)c(OC(=O)C(F)(F)C(F)(F)F)c1)NC(=O)C(F)(F)C(F)(F)F. The molecule has 23 heteroatoms. The van der Waals surface area contributed by atoms with Gasteiger partial charge < -0.3 is 19.5 Å². The lowest BCUT2D eigenvalue weighted by Gasteiger charge is -2.31. The number of esters is 3. The number of alkyl halides is 15. The number of carbonyl (C=O) groups is 4. The van der Waals surface area contributed by atoms with Crippen molar-refractivity contribution in [1.29, 1.82) is 0 Å². The quantitative estimate of drug-likeness (QED) is 0.126. The molecular weight excluding hydrogens is 687 g/mol. The summed E-state index contributed by atoms with van der Waals surface area (Å²) < 4.78 is 207. The van der Waals surface area contributed by atoms with Crippen molar-refractivity contribution in [3.05, 3.63) is 23.8 Å². The van der Waals surface area contributed by atoms with E-state index in [1.165, 1.54) is 0 Å². The highest BCUT2D eigenvalue weighted by Gasteiger charge is 2.67. The average molecular weight is 705 g/mol. The van der Waals surface area contributed by atoms with Crippen LogP contribution in [-0.4, -0.2) is 72.3 Å². The minimum atomic E-state index is -6.70. The summed E-state index contributed by atoms with van der Waals surface area (Å²) in [7, 11) is 0. The monoisotopic (exact) mass is 705 g/mol. The molecule has 46 heavy (non-hydrogen) atoms.